The maximum absolute atomic E-state index is 3.92. The molecule has 0 nitrogen and oxygen atoms in total. The monoisotopic (exact) mass is 458 g/mol. The summed E-state index contributed by atoms with van der Waals surface area (Å²) in [5.74, 6) is 0. The largest absolute Gasteiger partial charge is 0.100 e. The van der Waals surface area contributed by atoms with Crippen LogP contribution in [0.1, 0.15) is 95.9 Å². The van der Waals surface area contributed by atoms with E-state index >= 15 is 0 Å². The summed E-state index contributed by atoms with van der Waals surface area (Å²) in [4.78, 5) is 0. The molecule has 0 fully saturated rings. The lowest BCUT2D eigenvalue weighted by atomic mass is 10.0. The van der Waals surface area contributed by atoms with Crippen LogP contribution in [-0.4, -0.2) is 0 Å². The normalized spacial score (nSPS) is 11.4. The van der Waals surface area contributed by atoms with Gasteiger partial charge in [0.15, 0.2) is 0 Å². The summed E-state index contributed by atoms with van der Waals surface area (Å²) < 4.78 is 0. The molecule has 0 atom stereocenters. The smallest absolute Gasteiger partial charge is 0.0233 e. The third kappa shape index (κ3) is 15.3. The van der Waals surface area contributed by atoms with E-state index in [0.29, 0.717) is 0 Å². The molecule has 0 aliphatic heterocycles. The Labute approximate surface area is 212 Å². The van der Waals surface area contributed by atoms with Crippen molar-refractivity contribution >= 4 is 5.57 Å². The maximum Gasteiger partial charge on any atom is -0.0233 e. The number of rotatable bonds is 7. The average Bonchev–Trinajstić information content (AvgIpc) is 2.87. The van der Waals surface area contributed by atoms with Crippen LogP contribution in [0.25, 0.3) is 5.57 Å². The van der Waals surface area contributed by atoms with E-state index in [9.17, 15) is 0 Å². The van der Waals surface area contributed by atoms with E-state index in [-0.39, 0.29) is 0 Å². The molecule has 0 amide bonds. The van der Waals surface area contributed by atoms with Gasteiger partial charge in [-0.15, -0.1) is 6.58 Å². The van der Waals surface area contributed by atoms with Crippen molar-refractivity contribution in [2.24, 2.45) is 0 Å². The first-order chi connectivity index (χ1) is 16.3. The number of hydrogen-bond acceptors (Lipinski definition) is 0. The molecule has 0 bridgehead atoms. The summed E-state index contributed by atoms with van der Waals surface area (Å²) in [5.41, 5.74) is 9.26. The molecule has 0 saturated heterocycles. The molecule has 34 heavy (non-hydrogen) atoms. The molecule has 3 rings (SSSR count). The Bertz CT molecular complexity index is 857. The van der Waals surface area contributed by atoms with Gasteiger partial charge in [0, 0.05) is 0 Å². The van der Waals surface area contributed by atoms with Gasteiger partial charge in [-0.05, 0) is 76.0 Å². The minimum atomic E-state index is 1.08. The molecule has 0 saturated carbocycles. The highest BCUT2D eigenvalue weighted by molar-refractivity contribution is 5.61. The molecule has 0 N–H and O–H groups in total. The lowest BCUT2D eigenvalue weighted by Crippen LogP contribution is -1.86. The summed E-state index contributed by atoms with van der Waals surface area (Å²) in [7, 11) is 0. The van der Waals surface area contributed by atoms with Crippen LogP contribution in [0.3, 0.4) is 0 Å². The van der Waals surface area contributed by atoms with Gasteiger partial charge in [-0.2, -0.15) is 0 Å². The average molecular weight is 459 g/mol. The van der Waals surface area contributed by atoms with Gasteiger partial charge in [0.05, 0.1) is 0 Å². The van der Waals surface area contributed by atoms with E-state index < -0.39 is 0 Å². The van der Waals surface area contributed by atoms with Crippen molar-refractivity contribution in [2.45, 2.75) is 93.4 Å². The van der Waals surface area contributed by atoms with Gasteiger partial charge in [0.25, 0.3) is 0 Å². The Hall–Kier alpha value is -2.60. The summed E-state index contributed by atoms with van der Waals surface area (Å²) in [5, 5.41) is 0. The minimum Gasteiger partial charge on any atom is -0.100 e. The lowest BCUT2D eigenvalue weighted by Gasteiger charge is -2.03. The Morgan fingerprint density at radius 2 is 1.35 bits per heavy atom. The molecule has 2 aromatic carbocycles. The molecule has 0 radical (unpaired) electrons. The molecule has 0 unspecified atom stereocenters. The number of aryl methyl sites for hydroxylation is 3. The Morgan fingerprint density at radius 1 is 0.794 bits per heavy atom. The molecule has 0 heteroatoms. The van der Waals surface area contributed by atoms with Crippen molar-refractivity contribution in [3.05, 3.63) is 113 Å². The van der Waals surface area contributed by atoms with Crippen molar-refractivity contribution in [1.29, 1.82) is 0 Å². The van der Waals surface area contributed by atoms with Crippen molar-refractivity contribution in [3.8, 4) is 0 Å². The third-order valence-electron chi connectivity index (χ3n) is 5.43. The second-order valence-electron chi connectivity index (χ2n) is 8.78. The Balaban J connectivity index is 0.000000480. The summed E-state index contributed by atoms with van der Waals surface area (Å²) in [6, 6.07) is 17.4. The SMILES string of the molecule is C=C(C)CCc1ccc(C(=C)C)cc1.CC.CCC1=CCCC=C1.CCCc1ccc(C)cc1. The Morgan fingerprint density at radius 3 is 1.76 bits per heavy atom. The van der Waals surface area contributed by atoms with Gasteiger partial charge in [-0.1, -0.05) is 130 Å². The first-order valence-electron chi connectivity index (χ1n) is 13.2. The van der Waals surface area contributed by atoms with Crippen LogP contribution in [0.5, 0.6) is 0 Å². The van der Waals surface area contributed by atoms with Gasteiger partial charge in [-0.25, -0.2) is 0 Å². The molecule has 0 spiro atoms. The third-order valence-corrected chi connectivity index (χ3v) is 5.43. The molecule has 1 aliphatic carbocycles. The minimum absolute atomic E-state index is 1.08. The van der Waals surface area contributed by atoms with E-state index in [4.69, 9.17) is 0 Å². The first kappa shape index (κ1) is 31.4. The van der Waals surface area contributed by atoms with Gasteiger partial charge < -0.3 is 0 Å². The zero-order valence-corrected chi connectivity index (χ0v) is 23.2. The van der Waals surface area contributed by atoms with E-state index in [1.807, 2.05) is 20.8 Å². The first-order valence-corrected chi connectivity index (χ1v) is 13.2. The molecule has 0 aromatic heterocycles. The summed E-state index contributed by atoms with van der Waals surface area (Å²) in [6.07, 6.45) is 15.1. The predicted octanol–water partition coefficient (Wildman–Crippen LogP) is 10.9. The van der Waals surface area contributed by atoms with Crippen molar-refractivity contribution in [2.75, 3.05) is 0 Å². The van der Waals surface area contributed by atoms with E-state index in [0.717, 1.165) is 18.4 Å². The zero-order valence-electron chi connectivity index (χ0n) is 23.2. The topological polar surface area (TPSA) is 0 Å². The fourth-order valence-corrected chi connectivity index (χ4v) is 3.29. The zero-order chi connectivity index (χ0) is 25.8. The van der Waals surface area contributed by atoms with Crippen molar-refractivity contribution < 1.29 is 0 Å². The Kier molecular flexibility index (Phi) is 18.3. The van der Waals surface area contributed by atoms with Crippen LogP contribution >= 0.6 is 0 Å². The highest BCUT2D eigenvalue weighted by Crippen LogP contribution is 2.14. The van der Waals surface area contributed by atoms with Crippen LogP contribution in [-0.2, 0) is 12.8 Å². The van der Waals surface area contributed by atoms with Gasteiger partial charge in [-0.3, -0.25) is 0 Å². The van der Waals surface area contributed by atoms with Crippen molar-refractivity contribution in [1.82, 2.24) is 0 Å². The summed E-state index contributed by atoms with van der Waals surface area (Å²) in [6.45, 7) is 22.4. The van der Waals surface area contributed by atoms with Gasteiger partial charge in [0.1, 0.15) is 0 Å². The fraction of sp³-hybridized carbons (Fsp3) is 0.412. The number of allylic oxidation sites excluding steroid dienone is 6. The highest BCUT2D eigenvalue weighted by Gasteiger charge is 1.95. The maximum atomic E-state index is 3.92. The second-order valence-corrected chi connectivity index (χ2v) is 8.78. The quantitative estimate of drug-likeness (QED) is 0.362. The molecule has 1 aliphatic rings. The molecular weight excluding hydrogens is 408 g/mol. The number of benzene rings is 2. The van der Waals surface area contributed by atoms with Crippen LogP contribution in [0, 0.1) is 6.92 Å². The molecule has 186 valence electrons. The van der Waals surface area contributed by atoms with Crippen LogP contribution in [0.4, 0.5) is 0 Å². The van der Waals surface area contributed by atoms with Crippen LogP contribution < -0.4 is 0 Å². The highest BCUT2D eigenvalue weighted by atomic mass is 14.0. The van der Waals surface area contributed by atoms with E-state index in [1.165, 1.54) is 65.5 Å². The van der Waals surface area contributed by atoms with E-state index in [1.54, 1.807) is 0 Å². The van der Waals surface area contributed by atoms with Crippen LogP contribution in [0.15, 0.2) is 91.1 Å². The van der Waals surface area contributed by atoms with Gasteiger partial charge >= 0.3 is 0 Å². The molecule has 0 heterocycles. The number of hydrogen-bond donors (Lipinski definition) is 0. The fourth-order valence-electron chi connectivity index (χ4n) is 3.29. The second kappa shape index (κ2) is 19.8. The lowest BCUT2D eigenvalue weighted by molar-refractivity contribution is 0.921. The summed E-state index contributed by atoms with van der Waals surface area (Å²) >= 11 is 0. The van der Waals surface area contributed by atoms with E-state index in [2.05, 4.69) is 108 Å². The standard InChI is InChI=1S/C14H18.C10H14.C8H12.C2H6/c1-11(2)5-6-13-7-9-14(10-8-13)12(3)4;1-3-4-10-7-5-9(2)6-8-10;1-2-8-6-4-3-5-7-8;1-2/h7-10H,1,3,5-6H2,2,4H3;5-8H,3-4H2,1-2H3;4,6-7H,2-3,5H2,1H3;1-2H3. The molecule has 2 aromatic rings. The van der Waals surface area contributed by atoms with Crippen LogP contribution in [0.2, 0.25) is 0 Å². The predicted molar refractivity (Wildman–Crippen MR) is 158 cm³/mol. The van der Waals surface area contributed by atoms with Crippen molar-refractivity contribution in [3.63, 3.8) is 0 Å². The molecular formula is C34H50. The van der Waals surface area contributed by atoms with Gasteiger partial charge in [0.2, 0.25) is 0 Å².